The zero-order valence-corrected chi connectivity index (χ0v) is 18.4. The molecular weight excluding hydrogens is 421 g/mol. The maximum Gasteiger partial charge on any atom is 0.244 e. The lowest BCUT2D eigenvalue weighted by atomic mass is 10.2. The first-order chi connectivity index (χ1) is 13.7. The average Bonchev–Trinajstić information content (AvgIpc) is 2.68. The van der Waals surface area contributed by atoms with E-state index in [-0.39, 0.29) is 18.9 Å². The number of sulfonamides is 1. The summed E-state index contributed by atoms with van der Waals surface area (Å²) in [7, 11) is -1.27. The molecule has 0 bridgehead atoms. The van der Waals surface area contributed by atoms with Gasteiger partial charge in [0.15, 0.2) is 0 Å². The molecule has 0 aliphatic heterocycles. The first-order valence-corrected chi connectivity index (χ1v) is 11.9. The van der Waals surface area contributed by atoms with Gasteiger partial charge < -0.3 is 15.0 Å². The van der Waals surface area contributed by atoms with Crippen LogP contribution in [0.3, 0.4) is 0 Å². The van der Waals surface area contributed by atoms with E-state index in [4.69, 9.17) is 4.74 Å². The van der Waals surface area contributed by atoms with Gasteiger partial charge in [-0.05, 0) is 37.0 Å². The number of halogens is 1. The van der Waals surface area contributed by atoms with Crippen LogP contribution in [0.2, 0.25) is 0 Å². The van der Waals surface area contributed by atoms with Crippen LogP contribution in [0.25, 0.3) is 0 Å². The molecule has 0 saturated carbocycles. The molecule has 0 aliphatic rings. The number of nitrogens with one attached hydrogen (secondary N) is 2. The van der Waals surface area contributed by atoms with Crippen LogP contribution in [0.5, 0.6) is 0 Å². The minimum Gasteiger partial charge on any atom is -0.385 e. The summed E-state index contributed by atoms with van der Waals surface area (Å²) in [5, 5.41) is 2.66. The van der Waals surface area contributed by atoms with Gasteiger partial charge in [-0.2, -0.15) is 16.5 Å². The second-order valence-corrected chi connectivity index (χ2v) is 8.94. The Kier molecular flexibility index (Phi) is 11.2. The normalized spacial score (nSPS) is 12.4. The number of nitrogens with zero attached hydrogens (tertiary/aromatic N) is 1. The first-order valence-electron chi connectivity index (χ1n) is 8.99. The highest BCUT2D eigenvalue weighted by molar-refractivity contribution is 7.98. The molecule has 11 heteroatoms. The largest absolute Gasteiger partial charge is 0.385 e. The number of methoxy groups -OCH3 is 1. The molecule has 164 valence electrons. The summed E-state index contributed by atoms with van der Waals surface area (Å²) in [6, 6.07) is 3.83. The lowest BCUT2D eigenvalue weighted by Crippen LogP contribution is -2.50. The van der Waals surface area contributed by atoms with Gasteiger partial charge in [-0.25, -0.2) is 12.8 Å². The van der Waals surface area contributed by atoms with Crippen molar-refractivity contribution in [2.75, 3.05) is 45.9 Å². The zero-order chi connectivity index (χ0) is 21.9. The fourth-order valence-electron chi connectivity index (χ4n) is 2.44. The number of likely N-dealkylation sites (N-methyl/N-ethyl adjacent to an activating group) is 1. The van der Waals surface area contributed by atoms with Crippen LogP contribution in [0.15, 0.2) is 29.2 Å². The number of hydrogen-bond acceptors (Lipinski definition) is 6. The van der Waals surface area contributed by atoms with E-state index < -0.39 is 32.7 Å². The molecule has 0 aliphatic carbocycles. The van der Waals surface area contributed by atoms with Crippen molar-refractivity contribution in [2.45, 2.75) is 23.8 Å². The topological polar surface area (TPSA) is 105 Å². The Bertz CT molecular complexity index is 777. The fourth-order valence-corrected chi connectivity index (χ4v) is 4.22. The van der Waals surface area contributed by atoms with Crippen LogP contribution in [-0.2, 0) is 24.3 Å². The Hall–Kier alpha value is -1.69. The highest BCUT2D eigenvalue weighted by Gasteiger charge is 2.29. The Balaban J connectivity index is 2.81. The van der Waals surface area contributed by atoms with E-state index in [0.717, 1.165) is 17.0 Å². The maximum absolute atomic E-state index is 13.9. The number of thioether (sulfide) groups is 1. The molecule has 2 amide bonds. The van der Waals surface area contributed by atoms with Crippen LogP contribution in [0.4, 0.5) is 4.39 Å². The van der Waals surface area contributed by atoms with Gasteiger partial charge >= 0.3 is 0 Å². The molecule has 0 radical (unpaired) electrons. The van der Waals surface area contributed by atoms with E-state index >= 15 is 0 Å². The molecule has 2 N–H and O–H groups in total. The monoisotopic (exact) mass is 449 g/mol. The number of benzene rings is 1. The van der Waals surface area contributed by atoms with Crippen LogP contribution in [0, 0.1) is 5.82 Å². The number of hydrogen-bond donors (Lipinski definition) is 2. The highest BCUT2D eigenvalue weighted by Crippen LogP contribution is 2.15. The summed E-state index contributed by atoms with van der Waals surface area (Å²) in [5.74, 6) is -1.32. The van der Waals surface area contributed by atoms with Crippen molar-refractivity contribution in [3.05, 3.63) is 30.1 Å². The minimum absolute atomic E-state index is 0.202. The predicted molar refractivity (Wildman–Crippen MR) is 111 cm³/mol. The van der Waals surface area contributed by atoms with E-state index in [1.165, 1.54) is 30.9 Å². The van der Waals surface area contributed by atoms with Crippen LogP contribution >= 0.6 is 11.8 Å². The molecule has 0 saturated heterocycles. The van der Waals surface area contributed by atoms with Crippen molar-refractivity contribution >= 4 is 33.6 Å². The third-order valence-corrected chi connectivity index (χ3v) is 6.09. The SMILES string of the molecule is COCCCNC(=O)CN(C)C(=O)C(CCSC)NS(=O)(=O)c1ccccc1F. The number of rotatable bonds is 13. The van der Waals surface area contributed by atoms with Crippen LogP contribution in [-0.4, -0.2) is 77.0 Å². The summed E-state index contributed by atoms with van der Waals surface area (Å²) in [5.41, 5.74) is 0. The molecule has 1 rings (SSSR count). The third-order valence-electron chi connectivity index (χ3n) is 3.94. The Morgan fingerprint density at radius 2 is 2.00 bits per heavy atom. The summed E-state index contributed by atoms with van der Waals surface area (Å²) < 4.78 is 46.2. The molecule has 0 fully saturated rings. The number of ether oxygens (including phenoxy) is 1. The van der Waals surface area contributed by atoms with Crippen LogP contribution in [0.1, 0.15) is 12.8 Å². The average molecular weight is 450 g/mol. The van der Waals surface area contributed by atoms with Gasteiger partial charge in [0.1, 0.15) is 16.8 Å². The summed E-state index contributed by atoms with van der Waals surface area (Å²) in [6.45, 7) is 0.692. The molecule has 8 nitrogen and oxygen atoms in total. The van der Waals surface area contributed by atoms with Crippen molar-refractivity contribution in [2.24, 2.45) is 0 Å². The van der Waals surface area contributed by atoms with E-state index in [1.807, 2.05) is 6.26 Å². The highest BCUT2D eigenvalue weighted by atomic mass is 32.2. The Morgan fingerprint density at radius 3 is 2.62 bits per heavy atom. The smallest absolute Gasteiger partial charge is 0.244 e. The summed E-state index contributed by atoms with van der Waals surface area (Å²) in [6.07, 6.45) is 2.66. The van der Waals surface area contributed by atoms with E-state index in [9.17, 15) is 22.4 Å². The van der Waals surface area contributed by atoms with Gasteiger partial charge in [-0.15, -0.1) is 0 Å². The van der Waals surface area contributed by atoms with Gasteiger partial charge in [0.25, 0.3) is 0 Å². The molecular formula is C18H28FN3O5S2. The standard InChI is InChI=1S/C18H28FN3O5S2/c1-22(13-17(23)20-10-6-11-27-2)18(24)15(9-12-28-3)21-29(25,26)16-8-5-4-7-14(16)19/h4-5,7-8,15,21H,6,9-13H2,1-3H3,(H,20,23). The predicted octanol–water partition coefficient (Wildman–Crippen LogP) is 0.837. The van der Waals surface area contributed by atoms with Gasteiger partial charge in [0.05, 0.1) is 6.54 Å². The van der Waals surface area contributed by atoms with E-state index in [0.29, 0.717) is 25.3 Å². The molecule has 0 aromatic heterocycles. The fraction of sp³-hybridized carbons (Fsp3) is 0.556. The van der Waals surface area contributed by atoms with E-state index in [2.05, 4.69) is 10.0 Å². The Labute approximate surface area is 175 Å². The first kappa shape index (κ1) is 25.3. The maximum atomic E-state index is 13.9. The molecule has 1 atom stereocenters. The lowest BCUT2D eigenvalue weighted by Gasteiger charge is -2.24. The molecule has 1 unspecified atom stereocenters. The third kappa shape index (κ3) is 8.69. The van der Waals surface area contributed by atoms with Crippen LogP contribution < -0.4 is 10.0 Å². The lowest BCUT2D eigenvalue weighted by molar-refractivity contribution is -0.136. The zero-order valence-electron chi connectivity index (χ0n) is 16.8. The Morgan fingerprint density at radius 1 is 1.31 bits per heavy atom. The van der Waals surface area contributed by atoms with Gasteiger partial charge in [0, 0.05) is 27.3 Å². The van der Waals surface area contributed by atoms with Crippen molar-refractivity contribution in [3.63, 3.8) is 0 Å². The minimum atomic E-state index is -4.24. The molecule has 29 heavy (non-hydrogen) atoms. The van der Waals surface area contributed by atoms with Gasteiger partial charge in [-0.3, -0.25) is 9.59 Å². The summed E-state index contributed by atoms with van der Waals surface area (Å²) in [4.78, 5) is 25.3. The number of carbonyl (C=O) groups excluding carboxylic acids is 2. The molecule has 1 aromatic rings. The second kappa shape index (κ2) is 12.8. The second-order valence-electron chi connectivity index (χ2n) is 6.28. The number of amides is 2. The van der Waals surface area contributed by atoms with Crippen molar-refractivity contribution in [1.29, 1.82) is 0 Å². The molecule has 0 heterocycles. The van der Waals surface area contributed by atoms with E-state index in [1.54, 1.807) is 7.11 Å². The summed E-state index contributed by atoms with van der Waals surface area (Å²) >= 11 is 1.44. The molecule has 1 aromatic carbocycles. The molecule has 0 spiro atoms. The van der Waals surface area contributed by atoms with Gasteiger partial charge in [0.2, 0.25) is 21.8 Å². The quantitative estimate of drug-likeness (QED) is 0.433. The van der Waals surface area contributed by atoms with Gasteiger partial charge in [-0.1, -0.05) is 12.1 Å². The van der Waals surface area contributed by atoms with Crippen molar-refractivity contribution in [1.82, 2.24) is 14.9 Å². The van der Waals surface area contributed by atoms with Crippen molar-refractivity contribution in [3.8, 4) is 0 Å². The number of carbonyl (C=O) groups is 2. The van der Waals surface area contributed by atoms with Crippen molar-refractivity contribution < 1.29 is 27.1 Å².